The summed E-state index contributed by atoms with van der Waals surface area (Å²) >= 11 is 0. The largest absolute Gasteiger partial charge is 0.349 e. The Morgan fingerprint density at radius 1 is 1.35 bits per heavy atom. The number of carbonyl (C=O) groups is 2. The zero-order valence-electron chi connectivity index (χ0n) is 11.2. The summed E-state index contributed by atoms with van der Waals surface area (Å²) in [4.78, 5) is 27.6. The normalized spacial score (nSPS) is 24.9. The van der Waals surface area contributed by atoms with Crippen molar-refractivity contribution in [2.45, 2.75) is 44.2 Å². The molecule has 0 spiro atoms. The lowest BCUT2D eigenvalue weighted by molar-refractivity contribution is -0.115. The quantitative estimate of drug-likeness (QED) is 0.734. The molecule has 3 rings (SSSR count). The molecule has 2 aliphatic rings. The van der Waals surface area contributed by atoms with E-state index in [-0.39, 0.29) is 23.9 Å². The molecule has 4 N–H and O–H groups in total. The maximum absolute atomic E-state index is 12.2. The van der Waals surface area contributed by atoms with Crippen LogP contribution in [0.15, 0.2) is 12.3 Å². The van der Waals surface area contributed by atoms with Crippen molar-refractivity contribution in [3.8, 4) is 0 Å². The fraction of sp³-hybridized carbons (Fsp3) is 0.500. The van der Waals surface area contributed by atoms with E-state index in [0.29, 0.717) is 17.8 Å². The van der Waals surface area contributed by atoms with Gasteiger partial charge in [-0.1, -0.05) is 0 Å². The lowest BCUT2D eigenvalue weighted by atomic mass is 9.91. The van der Waals surface area contributed by atoms with Crippen LogP contribution in [-0.4, -0.2) is 28.9 Å². The first-order chi connectivity index (χ1) is 9.61. The summed E-state index contributed by atoms with van der Waals surface area (Å²) in [6.45, 7) is 0. The fourth-order valence-corrected chi connectivity index (χ4v) is 2.76. The summed E-state index contributed by atoms with van der Waals surface area (Å²) in [5, 5.41) is 5.67. The zero-order chi connectivity index (χ0) is 14.1. The van der Waals surface area contributed by atoms with Gasteiger partial charge in [0, 0.05) is 23.8 Å². The van der Waals surface area contributed by atoms with Crippen LogP contribution < -0.4 is 16.4 Å². The number of anilines is 1. The Kier molecular flexibility index (Phi) is 3.40. The number of carbonyl (C=O) groups excluding carboxylic acids is 2. The molecule has 1 aliphatic heterocycles. The number of nitrogens with one attached hydrogen (secondary N) is 2. The molecule has 1 aromatic heterocycles. The molecule has 1 fully saturated rings. The molecule has 6 nitrogen and oxygen atoms in total. The molecule has 1 aromatic rings. The van der Waals surface area contributed by atoms with Crippen LogP contribution in [0.2, 0.25) is 0 Å². The van der Waals surface area contributed by atoms with Crippen LogP contribution in [0, 0.1) is 0 Å². The molecule has 0 unspecified atom stereocenters. The van der Waals surface area contributed by atoms with Crippen LogP contribution >= 0.6 is 0 Å². The van der Waals surface area contributed by atoms with E-state index < -0.39 is 0 Å². The van der Waals surface area contributed by atoms with Crippen molar-refractivity contribution in [2.75, 3.05) is 5.32 Å². The highest BCUT2D eigenvalue weighted by Crippen LogP contribution is 2.21. The second kappa shape index (κ2) is 5.20. The van der Waals surface area contributed by atoms with Crippen LogP contribution in [0.4, 0.5) is 5.82 Å². The third kappa shape index (κ3) is 2.65. The van der Waals surface area contributed by atoms with Crippen molar-refractivity contribution in [2.24, 2.45) is 5.73 Å². The van der Waals surface area contributed by atoms with E-state index in [4.69, 9.17) is 5.73 Å². The lowest BCUT2D eigenvalue weighted by Gasteiger charge is -2.26. The summed E-state index contributed by atoms with van der Waals surface area (Å²) in [5.74, 6) is 0.363. The maximum Gasteiger partial charge on any atom is 0.253 e. The van der Waals surface area contributed by atoms with Gasteiger partial charge in [-0.2, -0.15) is 0 Å². The predicted octanol–water partition coefficient (Wildman–Crippen LogP) is 0.576. The van der Waals surface area contributed by atoms with E-state index in [1.807, 2.05) is 0 Å². The fourth-order valence-electron chi connectivity index (χ4n) is 2.76. The van der Waals surface area contributed by atoms with Crippen molar-refractivity contribution in [3.05, 3.63) is 23.4 Å². The molecule has 6 heteroatoms. The second-order valence-corrected chi connectivity index (χ2v) is 5.54. The molecule has 0 saturated heterocycles. The van der Waals surface area contributed by atoms with Gasteiger partial charge in [0.1, 0.15) is 5.82 Å². The number of fused-ring (bicyclic) bond motifs is 1. The number of nitrogens with two attached hydrogens (primary N) is 1. The molecular weight excluding hydrogens is 256 g/mol. The summed E-state index contributed by atoms with van der Waals surface area (Å²) in [5.41, 5.74) is 7.15. The SMILES string of the molecule is N[C@H]1CC[C@H](NC(=O)c2cnc3c(c2)CC(=O)N3)CC1. The van der Waals surface area contributed by atoms with Gasteiger partial charge in [0.05, 0.1) is 12.0 Å². The Hall–Kier alpha value is -1.95. The van der Waals surface area contributed by atoms with E-state index in [1.165, 1.54) is 6.20 Å². The second-order valence-electron chi connectivity index (χ2n) is 5.54. The molecule has 2 heterocycles. The minimum Gasteiger partial charge on any atom is -0.349 e. The molecule has 1 aliphatic carbocycles. The summed E-state index contributed by atoms with van der Waals surface area (Å²) < 4.78 is 0. The molecule has 0 aromatic carbocycles. The van der Waals surface area contributed by atoms with Crippen molar-refractivity contribution in [3.63, 3.8) is 0 Å². The zero-order valence-corrected chi connectivity index (χ0v) is 11.2. The highest BCUT2D eigenvalue weighted by molar-refractivity contribution is 6.00. The highest BCUT2D eigenvalue weighted by Gasteiger charge is 2.23. The monoisotopic (exact) mass is 274 g/mol. The van der Waals surface area contributed by atoms with E-state index in [2.05, 4.69) is 15.6 Å². The van der Waals surface area contributed by atoms with Crippen molar-refractivity contribution < 1.29 is 9.59 Å². The van der Waals surface area contributed by atoms with Gasteiger partial charge in [-0.05, 0) is 31.7 Å². The molecule has 1 saturated carbocycles. The lowest BCUT2D eigenvalue weighted by Crippen LogP contribution is -2.40. The van der Waals surface area contributed by atoms with Gasteiger partial charge in [-0.15, -0.1) is 0 Å². The Balaban J connectivity index is 1.66. The van der Waals surface area contributed by atoms with E-state index in [9.17, 15) is 9.59 Å². The van der Waals surface area contributed by atoms with E-state index in [1.54, 1.807) is 6.07 Å². The number of hydrogen-bond donors (Lipinski definition) is 3. The van der Waals surface area contributed by atoms with Gasteiger partial charge >= 0.3 is 0 Å². The Morgan fingerprint density at radius 3 is 2.85 bits per heavy atom. The van der Waals surface area contributed by atoms with Gasteiger partial charge < -0.3 is 16.4 Å². The number of rotatable bonds is 2. The summed E-state index contributed by atoms with van der Waals surface area (Å²) in [6.07, 6.45) is 5.55. The summed E-state index contributed by atoms with van der Waals surface area (Å²) in [6, 6.07) is 2.20. The van der Waals surface area contributed by atoms with E-state index in [0.717, 1.165) is 31.2 Å². The van der Waals surface area contributed by atoms with E-state index >= 15 is 0 Å². The first kappa shape index (κ1) is 13.1. The average Bonchev–Trinajstić information content (AvgIpc) is 2.80. The first-order valence-electron chi connectivity index (χ1n) is 6.97. The number of pyridine rings is 1. The highest BCUT2D eigenvalue weighted by atomic mass is 16.2. The Morgan fingerprint density at radius 2 is 2.10 bits per heavy atom. The third-order valence-corrected chi connectivity index (χ3v) is 3.94. The number of hydrogen-bond acceptors (Lipinski definition) is 4. The minimum absolute atomic E-state index is 0.0775. The van der Waals surface area contributed by atoms with Crippen LogP contribution in [0.3, 0.4) is 0 Å². The van der Waals surface area contributed by atoms with Crippen molar-refractivity contribution in [1.82, 2.24) is 10.3 Å². The topological polar surface area (TPSA) is 97.1 Å². The molecule has 106 valence electrons. The molecule has 0 bridgehead atoms. The van der Waals surface area contributed by atoms with Gasteiger partial charge in [0.25, 0.3) is 5.91 Å². The van der Waals surface area contributed by atoms with Gasteiger partial charge in [0.15, 0.2) is 0 Å². The Labute approximate surface area is 117 Å². The van der Waals surface area contributed by atoms with Crippen molar-refractivity contribution >= 4 is 17.6 Å². The first-order valence-corrected chi connectivity index (χ1v) is 6.97. The smallest absolute Gasteiger partial charge is 0.253 e. The molecule has 20 heavy (non-hydrogen) atoms. The van der Waals surface area contributed by atoms with Crippen molar-refractivity contribution in [1.29, 1.82) is 0 Å². The average molecular weight is 274 g/mol. The summed E-state index contributed by atoms with van der Waals surface area (Å²) in [7, 11) is 0. The number of aromatic nitrogens is 1. The molecule has 0 atom stereocenters. The minimum atomic E-state index is -0.125. The standard InChI is InChI=1S/C14H18N4O2/c15-10-1-3-11(4-2-10)17-14(20)9-5-8-6-12(19)18-13(8)16-7-9/h5,7,10-11H,1-4,6,15H2,(H,17,20)(H,16,18,19)/t10-,11-. The van der Waals surface area contributed by atoms with Crippen LogP contribution in [0.25, 0.3) is 0 Å². The van der Waals surface area contributed by atoms with Gasteiger partial charge in [-0.3, -0.25) is 9.59 Å². The van der Waals surface area contributed by atoms with Gasteiger partial charge in [0.2, 0.25) is 5.91 Å². The van der Waals surface area contributed by atoms with Gasteiger partial charge in [-0.25, -0.2) is 4.98 Å². The number of amides is 2. The molecule has 2 amide bonds. The predicted molar refractivity (Wildman–Crippen MR) is 74.3 cm³/mol. The molecule has 0 radical (unpaired) electrons. The Bertz CT molecular complexity index is 550. The maximum atomic E-state index is 12.2. The molecular formula is C14H18N4O2. The van der Waals surface area contributed by atoms with Crippen LogP contribution in [0.5, 0.6) is 0 Å². The third-order valence-electron chi connectivity index (χ3n) is 3.94. The van der Waals surface area contributed by atoms with Crippen LogP contribution in [-0.2, 0) is 11.2 Å². The van der Waals surface area contributed by atoms with Crippen LogP contribution in [0.1, 0.15) is 41.6 Å². The number of nitrogens with zero attached hydrogens (tertiary/aromatic N) is 1.